The summed E-state index contributed by atoms with van der Waals surface area (Å²) in [4.78, 5) is 34.7. The van der Waals surface area contributed by atoms with Gasteiger partial charge in [0.1, 0.15) is 18.4 Å². The zero-order chi connectivity index (χ0) is 39.5. The Balaban J connectivity index is 1.11. The van der Waals surface area contributed by atoms with Gasteiger partial charge in [-0.05, 0) is 87.4 Å². The predicted octanol–water partition coefficient (Wildman–Crippen LogP) is 3.62. The summed E-state index contributed by atoms with van der Waals surface area (Å²) < 4.78 is 11.5. The van der Waals surface area contributed by atoms with Gasteiger partial charge in [0.15, 0.2) is 0 Å². The number of ether oxygens (including phenoxy) is 2. The SMILES string of the molecule is CC(C)(C)NC(=O)[C@@H]1CN(CCCc2ccccc2)CCN1C[C@@H](O)C[C@H](Cc1ccc(OCCN2CCOCC2)cc1)C(=O)N[C@H]1c2ccccc2C[C@H]1O. The summed E-state index contributed by atoms with van der Waals surface area (Å²) in [5.74, 6) is -0.0551. The second-order valence-corrected chi connectivity index (χ2v) is 16.8. The number of rotatable bonds is 17. The van der Waals surface area contributed by atoms with Gasteiger partial charge in [0.2, 0.25) is 11.8 Å². The van der Waals surface area contributed by atoms with E-state index in [1.54, 1.807) is 0 Å². The largest absolute Gasteiger partial charge is 0.492 e. The molecule has 0 saturated carbocycles. The zero-order valence-corrected chi connectivity index (χ0v) is 33.6. The highest BCUT2D eigenvalue weighted by Gasteiger charge is 2.37. The molecular weight excluding hydrogens is 707 g/mol. The average Bonchev–Trinajstić information content (AvgIpc) is 3.50. The van der Waals surface area contributed by atoms with Crippen LogP contribution in [-0.4, -0.2) is 133 Å². The van der Waals surface area contributed by atoms with Crippen LogP contribution in [0.4, 0.5) is 0 Å². The number of amides is 2. The number of nitrogens with zero attached hydrogens (tertiary/aromatic N) is 3. The molecule has 2 heterocycles. The Hall–Kier alpha value is -3.84. The molecule has 3 aromatic rings. The first-order valence-corrected chi connectivity index (χ1v) is 20.6. The molecule has 2 saturated heterocycles. The summed E-state index contributed by atoms with van der Waals surface area (Å²) >= 11 is 0. The second kappa shape index (κ2) is 20.0. The number of fused-ring (bicyclic) bond motifs is 1. The van der Waals surface area contributed by atoms with Crippen molar-refractivity contribution in [3.05, 3.63) is 101 Å². The van der Waals surface area contributed by atoms with E-state index in [1.807, 2.05) is 75.4 Å². The van der Waals surface area contributed by atoms with E-state index in [1.165, 1.54) is 5.56 Å². The Morgan fingerprint density at radius 3 is 2.38 bits per heavy atom. The Kier molecular flexibility index (Phi) is 14.9. The molecule has 2 aliphatic heterocycles. The van der Waals surface area contributed by atoms with Gasteiger partial charge in [0.05, 0.1) is 31.5 Å². The van der Waals surface area contributed by atoms with E-state index in [9.17, 15) is 19.8 Å². The van der Waals surface area contributed by atoms with Crippen LogP contribution in [0, 0.1) is 5.92 Å². The van der Waals surface area contributed by atoms with Crippen molar-refractivity contribution in [3.8, 4) is 5.75 Å². The molecule has 0 radical (unpaired) electrons. The highest BCUT2D eigenvalue weighted by Crippen LogP contribution is 2.32. The molecule has 11 heteroatoms. The second-order valence-electron chi connectivity index (χ2n) is 16.8. The van der Waals surface area contributed by atoms with Crippen LogP contribution >= 0.6 is 0 Å². The van der Waals surface area contributed by atoms with Crippen LogP contribution in [0.1, 0.15) is 61.9 Å². The van der Waals surface area contributed by atoms with E-state index in [0.29, 0.717) is 32.5 Å². The normalized spacial score (nSPS) is 21.9. The van der Waals surface area contributed by atoms with Crippen molar-refractivity contribution in [1.82, 2.24) is 25.3 Å². The smallest absolute Gasteiger partial charge is 0.239 e. The number of carbonyl (C=O) groups is 2. The number of aliphatic hydroxyl groups is 2. The van der Waals surface area contributed by atoms with Crippen LogP contribution in [-0.2, 0) is 33.6 Å². The maximum absolute atomic E-state index is 14.2. The van der Waals surface area contributed by atoms with Crippen LogP contribution in [0.25, 0.3) is 0 Å². The van der Waals surface area contributed by atoms with Gasteiger partial charge >= 0.3 is 0 Å². The molecule has 304 valence electrons. The molecule has 56 heavy (non-hydrogen) atoms. The lowest BCUT2D eigenvalue weighted by atomic mass is 9.91. The van der Waals surface area contributed by atoms with Crippen molar-refractivity contribution < 1.29 is 29.3 Å². The summed E-state index contributed by atoms with van der Waals surface area (Å²) in [5.41, 5.74) is 3.83. The maximum atomic E-state index is 14.2. The monoisotopic (exact) mass is 769 g/mol. The van der Waals surface area contributed by atoms with Crippen molar-refractivity contribution in [1.29, 1.82) is 0 Å². The standard InChI is InChI=1S/C45H63N5O6/c1-45(2,3)47-44(54)40-32-49(19-9-12-33-10-5-4-6-11-33)20-21-50(40)31-37(51)29-36(43(53)46-42-39-14-8-7-13-35(39)30-41(42)52)28-34-15-17-38(18-16-34)56-27-24-48-22-25-55-26-23-48/h4-8,10-11,13-18,36-37,40-42,51-52H,9,12,19-32H2,1-3H3,(H,46,53)(H,47,54)/t36-,37-,40-,41+,42-/m0/s1. The number of aryl methyl sites for hydroxylation is 1. The summed E-state index contributed by atoms with van der Waals surface area (Å²) in [5, 5.41) is 29.0. The van der Waals surface area contributed by atoms with Gasteiger partial charge in [0, 0.05) is 63.7 Å². The maximum Gasteiger partial charge on any atom is 0.239 e. The van der Waals surface area contributed by atoms with Crippen LogP contribution in [0.2, 0.25) is 0 Å². The molecule has 1 aliphatic carbocycles. The number of β-amino-alcohol motifs (C(OH)–C–C–N with tert-alkyl or cyclic N) is 1. The van der Waals surface area contributed by atoms with Crippen LogP contribution in [0.5, 0.6) is 5.75 Å². The number of aliphatic hydroxyl groups excluding tert-OH is 2. The lowest BCUT2D eigenvalue weighted by molar-refractivity contribution is -0.132. The molecule has 0 aromatic heterocycles. The van der Waals surface area contributed by atoms with Crippen LogP contribution in [0.3, 0.4) is 0 Å². The van der Waals surface area contributed by atoms with Gasteiger partial charge in [-0.1, -0.05) is 66.7 Å². The summed E-state index contributed by atoms with van der Waals surface area (Å²) in [6, 6.07) is 25.2. The molecule has 4 N–H and O–H groups in total. The molecule has 3 aliphatic rings. The minimum atomic E-state index is -0.858. The van der Waals surface area contributed by atoms with Gasteiger partial charge in [-0.3, -0.25) is 24.3 Å². The predicted molar refractivity (Wildman–Crippen MR) is 219 cm³/mol. The quantitative estimate of drug-likeness (QED) is 0.163. The van der Waals surface area contributed by atoms with Gasteiger partial charge in [-0.15, -0.1) is 0 Å². The van der Waals surface area contributed by atoms with Crippen molar-refractivity contribution in [2.75, 3.05) is 72.2 Å². The fraction of sp³-hybridized carbons (Fsp3) is 0.556. The fourth-order valence-corrected chi connectivity index (χ4v) is 8.25. The molecule has 2 amide bonds. The van der Waals surface area contributed by atoms with Crippen molar-refractivity contribution in [2.45, 2.75) is 82.7 Å². The number of piperazine rings is 1. The first-order valence-electron chi connectivity index (χ1n) is 20.6. The molecule has 6 rings (SSSR count). The molecule has 3 aromatic carbocycles. The van der Waals surface area contributed by atoms with Gasteiger partial charge in [0.25, 0.3) is 0 Å². The molecular formula is C45H63N5O6. The third-order valence-corrected chi connectivity index (χ3v) is 11.2. The lowest BCUT2D eigenvalue weighted by Gasteiger charge is -2.42. The Morgan fingerprint density at radius 2 is 1.62 bits per heavy atom. The first kappa shape index (κ1) is 41.8. The Bertz CT molecular complexity index is 1680. The minimum absolute atomic E-state index is 0.0482. The van der Waals surface area contributed by atoms with Crippen molar-refractivity contribution in [3.63, 3.8) is 0 Å². The van der Waals surface area contributed by atoms with Crippen LogP contribution < -0.4 is 15.4 Å². The first-order chi connectivity index (χ1) is 27.0. The molecule has 5 atom stereocenters. The third kappa shape index (κ3) is 12.3. The number of nitrogens with one attached hydrogen (secondary N) is 2. The minimum Gasteiger partial charge on any atom is -0.492 e. The Morgan fingerprint density at radius 1 is 0.893 bits per heavy atom. The highest BCUT2D eigenvalue weighted by atomic mass is 16.5. The van der Waals surface area contributed by atoms with E-state index in [0.717, 1.165) is 81.2 Å². The molecule has 0 spiro atoms. The Labute approximate surface area is 333 Å². The summed E-state index contributed by atoms with van der Waals surface area (Å²) in [6.45, 7) is 13.9. The van der Waals surface area contributed by atoms with E-state index in [4.69, 9.17) is 9.47 Å². The van der Waals surface area contributed by atoms with Crippen LogP contribution in [0.15, 0.2) is 78.9 Å². The van der Waals surface area contributed by atoms with Crippen molar-refractivity contribution >= 4 is 11.8 Å². The van der Waals surface area contributed by atoms with Gasteiger partial charge in [-0.2, -0.15) is 0 Å². The third-order valence-electron chi connectivity index (χ3n) is 11.2. The number of hydrogen-bond acceptors (Lipinski definition) is 9. The highest BCUT2D eigenvalue weighted by molar-refractivity contribution is 5.83. The molecule has 11 nitrogen and oxygen atoms in total. The van der Waals surface area contributed by atoms with Gasteiger partial charge in [-0.25, -0.2) is 0 Å². The topological polar surface area (TPSA) is 127 Å². The van der Waals surface area contributed by atoms with Crippen molar-refractivity contribution in [2.24, 2.45) is 5.92 Å². The molecule has 0 unspecified atom stereocenters. The van der Waals surface area contributed by atoms with Gasteiger partial charge < -0.3 is 30.3 Å². The van der Waals surface area contributed by atoms with E-state index >= 15 is 0 Å². The fourth-order valence-electron chi connectivity index (χ4n) is 8.25. The summed E-state index contributed by atoms with van der Waals surface area (Å²) in [6.07, 6.45) is 1.50. The lowest BCUT2D eigenvalue weighted by Crippen LogP contribution is -2.62. The molecule has 0 bridgehead atoms. The van der Waals surface area contributed by atoms with E-state index < -0.39 is 35.7 Å². The number of carbonyl (C=O) groups excluding carboxylic acids is 2. The van der Waals surface area contributed by atoms with E-state index in [2.05, 4.69) is 49.6 Å². The number of benzene rings is 3. The van der Waals surface area contributed by atoms with E-state index in [-0.39, 0.29) is 24.8 Å². The zero-order valence-electron chi connectivity index (χ0n) is 33.6. The number of hydrogen-bond donors (Lipinski definition) is 4. The average molecular weight is 770 g/mol. The molecule has 2 fully saturated rings. The summed E-state index contributed by atoms with van der Waals surface area (Å²) in [7, 11) is 0. The number of morpholine rings is 1.